The fourth-order valence-corrected chi connectivity index (χ4v) is 4.34. The number of hydrogen-bond donors (Lipinski definition) is 0. The Kier molecular flexibility index (Phi) is 5.76. The summed E-state index contributed by atoms with van der Waals surface area (Å²) in [5.41, 5.74) is 2.76. The number of aromatic nitrogens is 1. The van der Waals surface area contributed by atoms with Gasteiger partial charge in [0.2, 0.25) is 5.91 Å². The highest BCUT2D eigenvalue weighted by molar-refractivity contribution is 6.30. The van der Waals surface area contributed by atoms with E-state index < -0.39 is 5.92 Å². The van der Waals surface area contributed by atoms with Crippen molar-refractivity contribution in [1.82, 2.24) is 9.88 Å². The van der Waals surface area contributed by atoms with Crippen molar-refractivity contribution >= 4 is 41.0 Å². The van der Waals surface area contributed by atoms with Crippen molar-refractivity contribution in [2.75, 3.05) is 31.1 Å². The zero-order chi connectivity index (χ0) is 22.9. The van der Waals surface area contributed by atoms with Crippen LogP contribution >= 0.6 is 11.6 Å². The molecule has 0 N–H and O–H groups in total. The maximum absolute atomic E-state index is 12.7. The van der Waals surface area contributed by atoms with Crippen molar-refractivity contribution in [2.45, 2.75) is 19.4 Å². The molecule has 5 rings (SSSR count). The third-order valence-electron chi connectivity index (χ3n) is 5.96. The van der Waals surface area contributed by atoms with Crippen molar-refractivity contribution in [2.24, 2.45) is 10.9 Å². The molecule has 1 saturated heterocycles. The lowest BCUT2D eigenvalue weighted by molar-refractivity contribution is -0.131. The zero-order valence-electron chi connectivity index (χ0n) is 18.1. The van der Waals surface area contributed by atoms with Gasteiger partial charge in [-0.3, -0.25) is 9.59 Å². The predicted octanol–water partition coefficient (Wildman–Crippen LogP) is 3.34. The number of likely N-dealkylation sites (tertiary alicyclic amines) is 1. The zero-order valence-corrected chi connectivity index (χ0v) is 18.9. The number of fused-ring (bicyclic) bond motifs is 1. The number of benzene rings is 1. The second kappa shape index (κ2) is 8.86. The molecule has 8 nitrogen and oxygen atoms in total. The number of aliphatic imine (C=N–C) groups is 1. The molecule has 0 bridgehead atoms. The molecule has 0 radical (unpaired) electrons. The first-order chi connectivity index (χ1) is 16.0. The Morgan fingerprint density at radius 2 is 2.15 bits per heavy atom. The number of hydrogen-bond acceptors (Lipinski definition) is 6. The van der Waals surface area contributed by atoms with Crippen LogP contribution in [0.2, 0.25) is 5.15 Å². The molecule has 9 heteroatoms. The maximum atomic E-state index is 12.7. The van der Waals surface area contributed by atoms with Crippen LogP contribution in [0.15, 0.2) is 47.6 Å². The predicted molar refractivity (Wildman–Crippen MR) is 125 cm³/mol. The molecule has 2 atom stereocenters. The van der Waals surface area contributed by atoms with Crippen molar-refractivity contribution < 1.29 is 19.1 Å². The summed E-state index contributed by atoms with van der Waals surface area (Å²) in [4.78, 5) is 35.8. The summed E-state index contributed by atoms with van der Waals surface area (Å²) in [7, 11) is 0. The van der Waals surface area contributed by atoms with E-state index >= 15 is 0 Å². The van der Waals surface area contributed by atoms with E-state index in [1.165, 1.54) is 12.3 Å². The van der Waals surface area contributed by atoms with E-state index in [-0.39, 0.29) is 17.9 Å². The number of ether oxygens (including phenoxy) is 2. The quantitative estimate of drug-likeness (QED) is 0.642. The summed E-state index contributed by atoms with van der Waals surface area (Å²) in [5, 5.41) is 0.492. The van der Waals surface area contributed by atoms with Crippen molar-refractivity contribution in [3.8, 4) is 11.5 Å². The highest BCUT2D eigenvalue weighted by Gasteiger charge is 2.31. The maximum Gasteiger partial charge on any atom is 0.269 e. The Labute approximate surface area is 196 Å². The second-order valence-corrected chi connectivity index (χ2v) is 8.60. The first-order valence-electron chi connectivity index (χ1n) is 10.9. The van der Waals surface area contributed by atoms with Crippen molar-refractivity contribution in [3.05, 3.63) is 53.3 Å². The number of amides is 2. The Balaban J connectivity index is 1.29. The molecule has 2 amide bonds. The molecule has 1 unspecified atom stereocenters. The van der Waals surface area contributed by atoms with Gasteiger partial charge in [-0.2, -0.15) is 0 Å². The van der Waals surface area contributed by atoms with Gasteiger partial charge in [-0.1, -0.05) is 17.7 Å². The van der Waals surface area contributed by atoms with Crippen LogP contribution in [0.5, 0.6) is 11.5 Å². The minimum Gasteiger partial charge on any atom is -0.490 e. The number of carbonyl (C=O) groups excluding carboxylic acids is 2. The van der Waals surface area contributed by atoms with Gasteiger partial charge in [0.05, 0.1) is 36.6 Å². The largest absolute Gasteiger partial charge is 0.490 e. The van der Waals surface area contributed by atoms with E-state index in [2.05, 4.69) is 14.9 Å². The van der Waals surface area contributed by atoms with Gasteiger partial charge in [0.15, 0.2) is 0 Å². The Bertz CT molecular complexity index is 1150. The number of nitrogens with zero attached hydrogens (tertiary/aromatic N) is 4. The Morgan fingerprint density at radius 1 is 1.27 bits per heavy atom. The molecule has 1 aromatic heterocycles. The minimum absolute atomic E-state index is 0.0655. The van der Waals surface area contributed by atoms with E-state index in [1.807, 2.05) is 31.2 Å². The second-order valence-electron chi connectivity index (χ2n) is 8.24. The van der Waals surface area contributed by atoms with Gasteiger partial charge in [-0.15, -0.1) is 0 Å². The van der Waals surface area contributed by atoms with Crippen LogP contribution in [-0.2, 0) is 9.59 Å². The first kappa shape index (κ1) is 21.5. The normalized spacial score (nSPS) is 21.7. The van der Waals surface area contributed by atoms with Gasteiger partial charge < -0.3 is 19.3 Å². The monoisotopic (exact) mass is 466 g/mol. The summed E-state index contributed by atoms with van der Waals surface area (Å²) < 4.78 is 12.1. The molecule has 4 heterocycles. The highest BCUT2D eigenvalue weighted by Crippen LogP contribution is 2.40. The molecule has 33 heavy (non-hydrogen) atoms. The van der Waals surface area contributed by atoms with Crippen LogP contribution < -0.4 is 14.4 Å². The fraction of sp³-hybridized carbons (Fsp3) is 0.333. The van der Waals surface area contributed by atoms with Crippen LogP contribution in [-0.4, -0.2) is 60.3 Å². The van der Waals surface area contributed by atoms with Gasteiger partial charge in [-0.05, 0) is 30.7 Å². The van der Waals surface area contributed by atoms with Crippen LogP contribution in [0, 0.1) is 12.8 Å². The van der Waals surface area contributed by atoms with E-state index in [4.69, 9.17) is 21.1 Å². The van der Waals surface area contributed by atoms with Crippen molar-refractivity contribution in [1.29, 1.82) is 0 Å². The molecule has 170 valence electrons. The van der Waals surface area contributed by atoms with E-state index in [1.54, 1.807) is 17.2 Å². The minimum atomic E-state index is -0.493. The van der Waals surface area contributed by atoms with Gasteiger partial charge in [-0.25, -0.2) is 9.98 Å². The number of rotatable bonds is 4. The topological polar surface area (TPSA) is 84.3 Å². The smallest absolute Gasteiger partial charge is 0.269 e. The first-order valence-corrected chi connectivity index (χ1v) is 11.2. The SMILES string of the molecule is Cc1cc(N2CCOc3ccc(O[C@H]4CCN(C(=O)C5C=CC(=O)N=C5)C4)cc32)cnc1Cl. The van der Waals surface area contributed by atoms with Gasteiger partial charge in [0.25, 0.3) is 5.91 Å². The van der Waals surface area contributed by atoms with Gasteiger partial charge >= 0.3 is 0 Å². The molecule has 0 saturated carbocycles. The van der Waals surface area contributed by atoms with Crippen LogP contribution in [0.1, 0.15) is 12.0 Å². The number of dihydropyridines is 1. The van der Waals surface area contributed by atoms with E-state index in [0.717, 1.165) is 29.1 Å². The van der Waals surface area contributed by atoms with Crippen LogP contribution in [0.25, 0.3) is 0 Å². The number of anilines is 2. The van der Waals surface area contributed by atoms with Crippen molar-refractivity contribution in [3.63, 3.8) is 0 Å². The average Bonchev–Trinajstić information content (AvgIpc) is 3.29. The molecule has 2 aromatic rings. The van der Waals surface area contributed by atoms with Crippen LogP contribution in [0.3, 0.4) is 0 Å². The molecule has 0 aliphatic carbocycles. The van der Waals surface area contributed by atoms with E-state index in [0.29, 0.717) is 37.1 Å². The Hall–Kier alpha value is -3.39. The molecule has 1 aromatic carbocycles. The number of halogens is 1. The molecular weight excluding hydrogens is 444 g/mol. The molecule has 1 fully saturated rings. The number of pyridine rings is 1. The van der Waals surface area contributed by atoms with E-state index in [9.17, 15) is 9.59 Å². The third kappa shape index (κ3) is 4.43. The summed E-state index contributed by atoms with van der Waals surface area (Å²) in [5.74, 6) is 0.600. The molecular formula is C24H23ClN4O4. The van der Waals surface area contributed by atoms with Gasteiger partial charge in [0.1, 0.15) is 29.4 Å². The number of carbonyl (C=O) groups is 2. The Morgan fingerprint density at radius 3 is 2.94 bits per heavy atom. The lowest BCUT2D eigenvalue weighted by atomic mass is 10.1. The highest BCUT2D eigenvalue weighted by atomic mass is 35.5. The van der Waals surface area contributed by atoms with Gasteiger partial charge in [0, 0.05) is 31.3 Å². The molecule has 3 aliphatic rings. The average molecular weight is 467 g/mol. The summed E-state index contributed by atoms with van der Waals surface area (Å²) in [6.45, 7) is 4.27. The summed E-state index contributed by atoms with van der Waals surface area (Å²) >= 11 is 6.10. The summed E-state index contributed by atoms with van der Waals surface area (Å²) in [6.07, 6.45) is 6.72. The molecule has 0 spiro atoms. The number of aryl methyl sites for hydroxylation is 1. The summed E-state index contributed by atoms with van der Waals surface area (Å²) in [6, 6.07) is 7.77. The molecule has 3 aliphatic heterocycles. The fourth-order valence-electron chi connectivity index (χ4n) is 4.24. The van der Waals surface area contributed by atoms with Crippen LogP contribution in [0.4, 0.5) is 11.4 Å². The third-order valence-corrected chi connectivity index (χ3v) is 6.35. The lowest BCUT2D eigenvalue weighted by Crippen LogP contribution is -2.36. The standard InChI is InChI=1S/C24H23ClN4O4/c1-15-10-17(13-27-23(15)25)29-8-9-32-21-4-3-18(11-20(21)29)33-19-6-7-28(14-19)24(31)16-2-5-22(30)26-12-16/h2-5,10-13,16,19H,6-9,14H2,1H3/t16?,19-/m0/s1. The lowest BCUT2D eigenvalue weighted by Gasteiger charge is -2.31.